The van der Waals surface area contributed by atoms with Gasteiger partial charge in [0.2, 0.25) is 5.91 Å². The van der Waals surface area contributed by atoms with Crippen LogP contribution in [0.5, 0.6) is 0 Å². The molecule has 0 aromatic rings. The first-order valence-electron chi connectivity index (χ1n) is 6.16. The fraction of sp³-hybridized carbons (Fsp3) is 0.917. The number of carbonyl (C=O) groups excluding carboxylic acids is 1. The van der Waals surface area contributed by atoms with Crippen LogP contribution in [0.25, 0.3) is 0 Å². The highest BCUT2D eigenvalue weighted by atomic mass is 16.5. The fourth-order valence-corrected chi connectivity index (χ4v) is 2.19. The summed E-state index contributed by atoms with van der Waals surface area (Å²) in [6.07, 6.45) is 4.44. The first-order chi connectivity index (χ1) is 7.57. The average molecular weight is 226 g/mol. The minimum absolute atomic E-state index is 0.120. The van der Waals surface area contributed by atoms with Gasteiger partial charge in [-0.2, -0.15) is 0 Å². The molecule has 1 atom stereocenters. The molecule has 2 rings (SSSR count). The zero-order valence-electron chi connectivity index (χ0n) is 10.2. The van der Waals surface area contributed by atoms with Crippen LogP contribution in [0.4, 0.5) is 0 Å². The minimum atomic E-state index is -0.656. The summed E-state index contributed by atoms with van der Waals surface area (Å²) >= 11 is 0. The Morgan fingerprint density at radius 2 is 2.06 bits per heavy atom. The molecule has 4 heteroatoms. The van der Waals surface area contributed by atoms with E-state index in [0.717, 1.165) is 25.7 Å². The molecule has 1 amide bonds. The Labute approximate surface area is 97.1 Å². The lowest BCUT2D eigenvalue weighted by Crippen LogP contribution is -2.56. The van der Waals surface area contributed by atoms with Gasteiger partial charge < -0.3 is 15.4 Å². The molecule has 4 nitrogen and oxygen atoms in total. The molecule has 16 heavy (non-hydrogen) atoms. The van der Waals surface area contributed by atoms with Crippen molar-refractivity contribution in [1.82, 2.24) is 4.90 Å². The number of hydrogen-bond donors (Lipinski definition) is 1. The predicted octanol–water partition coefficient (Wildman–Crippen LogP) is 0.751. The predicted molar refractivity (Wildman–Crippen MR) is 61.9 cm³/mol. The van der Waals surface area contributed by atoms with Gasteiger partial charge in [0, 0.05) is 19.7 Å². The Hall–Kier alpha value is -0.610. The number of carbonyl (C=O) groups is 1. The number of ether oxygens (including phenoxy) is 1. The highest BCUT2D eigenvalue weighted by Crippen LogP contribution is 2.40. The number of methoxy groups -OCH3 is 1. The second kappa shape index (κ2) is 4.34. The van der Waals surface area contributed by atoms with Gasteiger partial charge >= 0.3 is 0 Å². The number of rotatable bonds is 6. The van der Waals surface area contributed by atoms with Gasteiger partial charge in [-0.05, 0) is 38.5 Å². The summed E-state index contributed by atoms with van der Waals surface area (Å²) in [4.78, 5) is 14.3. The van der Waals surface area contributed by atoms with Gasteiger partial charge in [0.25, 0.3) is 0 Å². The molecule has 0 heterocycles. The van der Waals surface area contributed by atoms with Crippen molar-refractivity contribution >= 4 is 5.91 Å². The molecular weight excluding hydrogens is 204 g/mol. The van der Waals surface area contributed by atoms with Crippen LogP contribution in [-0.4, -0.2) is 42.6 Å². The summed E-state index contributed by atoms with van der Waals surface area (Å²) in [5.41, 5.74) is 5.52. The van der Waals surface area contributed by atoms with Crippen LogP contribution in [-0.2, 0) is 9.53 Å². The SMILES string of the molecule is COCCN(C(=O)C(C)(N)C1CC1)C1CC1. The maximum absolute atomic E-state index is 12.4. The molecule has 2 aliphatic rings. The molecule has 2 saturated carbocycles. The number of hydrogen-bond acceptors (Lipinski definition) is 3. The Morgan fingerprint density at radius 1 is 1.44 bits per heavy atom. The molecule has 0 saturated heterocycles. The zero-order valence-corrected chi connectivity index (χ0v) is 10.2. The lowest BCUT2D eigenvalue weighted by molar-refractivity contribution is -0.138. The fourth-order valence-electron chi connectivity index (χ4n) is 2.19. The third-order valence-corrected chi connectivity index (χ3v) is 3.67. The second-order valence-electron chi connectivity index (χ2n) is 5.28. The van der Waals surface area contributed by atoms with E-state index in [1.807, 2.05) is 11.8 Å². The highest BCUT2D eigenvalue weighted by Gasteiger charge is 2.48. The lowest BCUT2D eigenvalue weighted by atomic mass is 9.95. The summed E-state index contributed by atoms with van der Waals surface area (Å²) in [5, 5.41) is 0. The van der Waals surface area contributed by atoms with Gasteiger partial charge in [-0.1, -0.05) is 0 Å². The number of nitrogens with two attached hydrogens (primary N) is 1. The molecule has 0 radical (unpaired) electrons. The van der Waals surface area contributed by atoms with Crippen molar-refractivity contribution in [2.75, 3.05) is 20.3 Å². The zero-order chi connectivity index (χ0) is 11.8. The lowest BCUT2D eigenvalue weighted by Gasteiger charge is -2.32. The van der Waals surface area contributed by atoms with Crippen molar-refractivity contribution in [2.24, 2.45) is 11.7 Å². The Balaban J connectivity index is 1.98. The normalized spacial score (nSPS) is 23.9. The quantitative estimate of drug-likeness (QED) is 0.727. The van der Waals surface area contributed by atoms with E-state index in [1.165, 1.54) is 0 Å². The molecule has 0 aromatic carbocycles. The molecule has 2 aliphatic carbocycles. The van der Waals surface area contributed by atoms with Gasteiger partial charge in [0.1, 0.15) is 0 Å². The molecule has 0 aliphatic heterocycles. The summed E-state index contributed by atoms with van der Waals surface area (Å²) in [7, 11) is 1.66. The topological polar surface area (TPSA) is 55.6 Å². The van der Waals surface area contributed by atoms with Crippen molar-refractivity contribution in [3.63, 3.8) is 0 Å². The van der Waals surface area contributed by atoms with E-state index in [0.29, 0.717) is 25.1 Å². The Kier molecular flexibility index (Phi) is 3.22. The Bertz CT molecular complexity index is 270. The minimum Gasteiger partial charge on any atom is -0.383 e. The van der Waals surface area contributed by atoms with Gasteiger partial charge in [0.05, 0.1) is 12.1 Å². The average Bonchev–Trinajstić information content (AvgIpc) is 3.07. The third kappa shape index (κ3) is 2.38. The highest BCUT2D eigenvalue weighted by molar-refractivity contribution is 5.87. The number of nitrogens with zero attached hydrogens (tertiary/aromatic N) is 1. The summed E-state index contributed by atoms with van der Waals surface area (Å²) in [5.74, 6) is 0.512. The van der Waals surface area contributed by atoms with Crippen LogP contribution in [0, 0.1) is 5.92 Å². The van der Waals surface area contributed by atoms with Crippen LogP contribution < -0.4 is 5.73 Å². The van der Waals surface area contributed by atoms with Crippen molar-refractivity contribution in [3.8, 4) is 0 Å². The van der Waals surface area contributed by atoms with Crippen molar-refractivity contribution in [1.29, 1.82) is 0 Å². The van der Waals surface area contributed by atoms with Gasteiger partial charge in [-0.15, -0.1) is 0 Å². The van der Waals surface area contributed by atoms with Crippen LogP contribution in [0.1, 0.15) is 32.6 Å². The van der Waals surface area contributed by atoms with Gasteiger partial charge in [0.15, 0.2) is 0 Å². The molecular formula is C12H22N2O2. The molecule has 2 fully saturated rings. The third-order valence-electron chi connectivity index (χ3n) is 3.67. The smallest absolute Gasteiger partial charge is 0.242 e. The van der Waals surface area contributed by atoms with Gasteiger partial charge in [-0.25, -0.2) is 0 Å². The molecule has 0 spiro atoms. The van der Waals surface area contributed by atoms with Crippen LogP contribution in [0.15, 0.2) is 0 Å². The second-order valence-corrected chi connectivity index (χ2v) is 5.28. The largest absolute Gasteiger partial charge is 0.383 e. The van der Waals surface area contributed by atoms with Crippen LogP contribution in [0.2, 0.25) is 0 Å². The molecule has 92 valence electrons. The molecule has 0 aromatic heterocycles. The van der Waals surface area contributed by atoms with Crippen LogP contribution in [0.3, 0.4) is 0 Å². The molecule has 1 unspecified atom stereocenters. The monoisotopic (exact) mass is 226 g/mol. The first kappa shape index (κ1) is 11.9. The maximum Gasteiger partial charge on any atom is 0.242 e. The van der Waals surface area contributed by atoms with E-state index < -0.39 is 5.54 Å². The van der Waals surface area contributed by atoms with E-state index in [-0.39, 0.29) is 5.91 Å². The Morgan fingerprint density at radius 3 is 2.50 bits per heavy atom. The van der Waals surface area contributed by atoms with E-state index >= 15 is 0 Å². The molecule has 2 N–H and O–H groups in total. The summed E-state index contributed by atoms with van der Waals surface area (Å²) < 4.78 is 5.05. The van der Waals surface area contributed by atoms with Gasteiger partial charge in [-0.3, -0.25) is 4.79 Å². The number of amides is 1. The van der Waals surface area contributed by atoms with Crippen molar-refractivity contribution in [2.45, 2.75) is 44.2 Å². The summed E-state index contributed by atoms with van der Waals surface area (Å²) in [6, 6.07) is 0.421. The summed E-state index contributed by atoms with van der Waals surface area (Å²) in [6.45, 7) is 3.16. The van der Waals surface area contributed by atoms with E-state index in [9.17, 15) is 4.79 Å². The standard InChI is InChI=1S/C12H22N2O2/c1-12(13,9-3-4-9)11(15)14(7-8-16-2)10-5-6-10/h9-10H,3-8,13H2,1-2H3. The van der Waals surface area contributed by atoms with Crippen LogP contribution >= 0.6 is 0 Å². The van der Waals surface area contributed by atoms with Crippen molar-refractivity contribution in [3.05, 3.63) is 0 Å². The van der Waals surface area contributed by atoms with E-state index in [4.69, 9.17) is 10.5 Å². The molecule has 0 bridgehead atoms. The first-order valence-corrected chi connectivity index (χ1v) is 6.16. The van der Waals surface area contributed by atoms with Crippen molar-refractivity contribution < 1.29 is 9.53 Å². The van der Waals surface area contributed by atoms with E-state index in [2.05, 4.69) is 0 Å². The van der Waals surface area contributed by atoms with E-state index in [1.54, 1.807) is 7.11 Å². The maximum atomic E-state index is 12.4.